The fraction of sp³-hybridized carbons (Fsp3) is 0.627. The molecular formula is C75H108F8N12O13. The van der Waals surface area contributed by atoms with Gasteiger partial charge in [0.05, 0.1) is 48.6 Å². The van der Waals surface area contributed by atoms with Gasteiger partial charge in [0.25, 0.3) is 0 Å². The summed E-state index contributed by atoms with van der Waals surface area (Å²) in [6, 6.07) is 6.00. The van der Waals surface area contributed by atoms with Gasteiger partial charge in [-0.15, -0.1) is 0 Å². The molecule has 3 aromatic rings. The third-order valence-corrected chi connectivity index (χ3v) is 20.1. The van der Waals surface area contributed by atoms with Crippen molar-refractivity contribution in [1.82, 2.24) is 51.5 Å². The third kappa shape index (κ3) is 25.0. The first-order valence-corrected chi connectivity index (χ1v) is 36.6. The smallest absolute Gasteiger partial charge is 0.404 e. The minimum atomic E-state index is -4.99. The molecule has 0 spiro atoms. The van der Waals surface area contributed by atoms with Crippen molar-refractivity contribution in [3.8, 4) is 5.75 Å². The van der Waals surface area contributed by atoms with Crippen molar-refractivity contribution in [1.29, 1.82) is 0 Å². The predicted molar refractivity (Wildman–Crippen MR) is 385 cm³/mol. The van der Waals surface area contributed by atoms with E-state index in [0.29, 0.717) is 31.4 Å². The minimum Gasteiger partial charge on any atom is -0.420 e. The highest BCUT2D eigenvalue weighted by Gasteiger charge is 2.49. The van der Waals surface area contributed by atoms with E-state index in [-0.39, 0.29) is 99.3 Å². The van der Waals surface area contributed by atoms with Crippen LogP contribution in [0.25, 0.3) is 0 Å². The normalized spacial score (nSPS) is 18.4. The summed E-state index contributed by atoms with van der Waals surface area (Å²) in [5.74, 6) is -23.8. The number of methoxy groups -OCH3 is 2. The van der Waals surface area contributed by atoms with Crippen molar-refractivity contribution in [2.75, 3.05) is 66.9 Å². The van der Waals surface area contributed by atoms with E-state index in [1.165, 1.54) is 26.4 Å². The number of urea groups is 1. The Balaban J connectivity index is 1.21. The van der Waals surface area contributed by atoms with Crippen LogP contribution in [0.1, 0.15) is 138 Å². The largest absolute Gasteiger partial charge is 0.420 e. The average molecular weight is 1540 g/mol. The molecule has 0 aliphatic carbocycles. The Morgan fingerprint density at radius 3 is 1.82 bits per heavy atom. The molecule has 0 radical (unpaired) electrons. The Labute approximate surface area is 626 Å². The SMILES string of the molecule is CC[C@H](C)[C@@H]([C@@H](CC(=O)N1CCC[C@H]1[C@H](OC)[C@@H](C)C(=O)N[C@@H](Cc1ccccc1)C(=O)NCc1ccc(NC(=O)[C@H](CCCNC(N)=O)NC(=O)[C@@H](NC(=O)CCCN2CC[C@@H](C(=O)Oc3c(F)c(F)c(F)c(F)c3F)C[C@H]2C(F)(F)F)C(C)C)cc1)OC)N(C)C(=O)[C@@H](NC(=O)[C@H](C(C)C)N(C)C)C(C)C. The highest BCUT2D eigenvalue weighted by Crippen LogP contribution is 2.38. The predicted octanol–water partition coefficient (Wildman–Crippen LogP) is 7.41. The van der Waals surface area contributed by atoms with Gasteiger partial charge in [0.2, 0.25) is 82.1 Å². The van der Waals surface area contributed by atoms with Gasteiger partial charge >= 0.3 is 18.2 Å². The number of piperidine rings is 1. The molecule has 2 aliphatic heterocycles. The van der Waals surface area contributed by atoms with Gasteiger partial charge in [-0.25, -0.2) is 18.0 Å². The Bertz CT molecular complexity index is 3510. The van der Waals surface area contributed by atoms with Crippen molar-refractivity contribution in [3.63, 3.8) is 0 Å². The fourth-order valence-electron chi connectivity index (χ4n) is 14.0. The van der Waals surface area contributed by atoms with E-state index in [1.807, 2.05) is 78.7 Å². The molecule has 0 saturated carbocycles. The number of likely N-dealkylation sites (tertiary alicyclic amines) is 2. The van der Waals surface area contributed by atoms with Crippen LogP contribution in [0.2, 0.25) is 0 Å². The summed E-state index contributed by atoms with van der Waals surface area (Å²) in [6.07, 6.45) is -6.79. The molecular weight excluding hydrogens is 1430 g/mol. The van der Waals surface area contributed by atoms with Crippen LogP contribution in [0.3, 0.4) is 0 Å². The zero-order valence-electron chi connectivity index (χ0n) is 63.9. The standard InChI is InChI=1S/C75H108F8N12O13/c1-15-43(8)64(93(12)72(103)62(41(4)5)91-71(102)63(42(6)7)92(10)11)52(106-13)38-55(97)95-34-20-25-51(95)65(107-14)44(9)67(98)89-50(36-45-22-17-16-18-23-45)68(99)86-39-46-27-29-48(30-28-46)87-69(100)49(24-19-32-85-74(84)105)88-70(101)61(40(2)3)90-54(96)26-21-33-94-35-31-47(37-53(94)75(81,82)83)73(104)108-66-59(79)57(77)56(76)58(78)60(66)80/h16-18,22-23,27-30,40-44,47,49-53,61-65H,15,19-21,24-26,31-39H2,1-14H3,(H,86,99)(H,87,100)(H,88,101)(H,89,98)(H,90,96)(H,91,102)(H3,84,85,105)/t43-,44+,47+,49-,50-,51-,52+,53-,61-,62-,63-,64-,65+/m0/s1. The number of hydrogen-bond donors (Lipinski definition) is 8. The second-order valence-electron chi connectivity index (χ2n) is 29.1. The molecule has 108 heavy (non-hydrogen) atoms. The zero-order valence-corrected chi connectivity index (χ0v) is 63.9. The molecule has 2 aliphatic rings. The maximum atomic E-state index is 14.7. The molecule has 0 unspecified atom stereocenters. The van der Waals surface area contributed by atoms with E-state index in [0.717, 1.165) is 10.5 Å². The number of ether oxygens (including phenoxy) is 3. The van der Waals surface area contributed by atoms with Gasteiger partial charge in [-0.2, -0.15) is 22.0 Å². The Kier molecular flexibility index (Phi) is 34.9. The highest BCUT2D eigenvalue weighted by molar-refractivity contribution is 5.98. The molecule has 2 fully saturated rings. The molecule has 2 saturated heterocycles. The number of nitrogens with zero attached hydrogens (tertiary/aromatic N) is 4. The molecule has 33 heteroatoms. The molecule has 602 valence electrons. The van der Waals surface area contributed by atoms with E-state index < -0.39 is 180 Å². The summed E-state index contributed by atoms with van der Waals surface area (Å²) in [5, 5.41) is 19.2. The van der Waals surface area contributed by atoms with Crippen LogP contribution in [-0.4, -0.2) is 207 Å². The number of carbonyl (C=O) groups excluding carboxylic acids is 10. The van der Waals surface area contributed by atoms with E-state index in [9.17, 15) is 83.1 Å². The first kappa shape index (κ1) is 90.1. The number of carbonyl (C=O) groups is 10. The minimum absolute atomic E-state index is 0.00225. The molecule has 0 aromatic heterocycles. The molecule has 3 aromatic carbocycles. The summed E-state index contributed by atoms with van der Waals surface area (Å²) >= 11 is 0. The summed E-state index contributed by atoms with van der Waals surface area (Å²) < 4.78 is 129. The van der Waals surface area contributed by atoms with Gasteiger partial charge in [-0.1, -0.05) is 111 Å². The average Bonchev–Trinajstić information content (AvgIpc) is 1.49. The lowest BCUT2D eigenvalue weighted by Crippen LogP contribution is -2.59. The maximum Gasteiger partial charge on any atom is 0.404 e. The number of likely N-dealkylation sites (N-methyl/N-ethyl adjacent to an activating group) is 2. The van der Waals surface area contributed by atoms with Gasteiger partial charge in [0.1, 0.15) is 30.2 Å². The first-order chi connectivity index (χ1) is 50.8. The lowest BCUT2D eigenvalue weighted by atomic mass is 9.89. The van der Waals surface area contributed by atoms with Gasteiger partial charge in [-0.05, 0) is 119 Å². The lowest BCUT2D eigenvalue weighted by Gasteiger charge is -2.41. The summed E-state index contributed by atoms with van der Waals surface area (Å²) in [4.78, 5) is 143. The van der Waals surface area contributed by atoms with Crippen LogP contribution in [-0.2, 0) is 65.6 Å². The van der Waals surface area contributed by atoms with Crippen LogP contribution >= 0.6 is 0 Å². The van der Waals surface area contributed by atoms with E-state index in [2.05, 4.69) is 42.0 Å². The first-order valence-electron chi connectivity index (χ1n) is 36.6. The van der Waals surface area contributed by atoms with Crippen LogP contribution < -0.4 is 47.7 Å². The van der Waals surface area contributed by atoms with E-state index in [4.69, 9.17) is 15.2 Å². The second kappa shape index (κ2) is 41.9. The van der Waals surface area contributed by atoms with Gasteiger partial charge in [-0.3, -0.25) is 53.0 Å². The highest BCUT2D eigenvalue weighted by atomic mass is 19.4. The van der Waals surface area contributed by atoms with Gasteiger partial charge in [0, 0.05) is 59.4 Å². The van der Waals surface area contributed by atoms with Crippen LogP contribution in [0.4, 0.5) is 45.6 Å². The topological polar surface area (TPSA) is 322 Å². The second-order valence-corrected chi connectivity index (χ2v) is 29.1. The lowest BCUT2D eigenvalue weighted by molar-refractivity contribution is -0.197. The van der Waals surface area contributed by atoms with Crippen molar-refractivity contribution in [2.45, 2.75) is 206 Å². The number of nitrogens with two attached hydrogens (primary N) is 1. The summed E-state index contributed by atoms with van der Waals surface area (Å²) in [6.45, 7) is 15.9. The number of primary amides is 1. The Hall–Kier alpha value is -8.56. The zero-order chi connectivity index (χ0) is 80.8. The molecule has 0 bridgehead atoms. The summed E-state index contributed by atoms with van der Waals surface area (Å²) in [7, 11) is 8.27. The number of anilines is 1. The molecule has 13 atom stereocenters. The van der Waals surface area contributed by atoms with Crippen LogP contribution in [0.15, 0.2) is 54.6 Å². The molecule has 25 nitrogen and oxygen atoms in total. The Morgan fingerprint density at radius 2 is 1.27 bits per heavy atom. The number of alkyl halides is 3. The van der Waals surface area contributed by atoms with Crippen molar-refractivity contribution in [3.05, 3.63) is 94.8 Å². The number of rotatable bonds is 39. The quantitative estimate of drug-likeness (QED) is 0.00688. The van der Waals surface area contributed by atoms with Crippen molar-refractivity contribution < 1.29 is 97.3 Å². The summed E-state index contributed by atoms with van der Waals surface area (Å²) in [5.41, 5.74) is 6.81. The monoisotopic (exact) mass is 1540 g/mol. The number of halogens is 8. The van der Waals surface area contributed by atoms with Gasteiger partial charge in [0.15, 0.2) is 0 Å². The molecule has 9 N–H and O–H groups in total. The Morgan fingerprint density at radius 1 is 0.657 bits per heavy atom. The maximum absolute atomic E-state index is 14.7. The van der Waals surface area contributed by atoms with Gasteiger partial charge < -0.3 is 67.0 Å². The van der Waals surface area contributed by atoms with E-state index in [1.54, 1.807) is 61.9 Å². The van der Waals surface area contributed by atoms with Crippen molar-refractivity contribution in [2.24, 2.45) is 41.2 Å². The van der Waals surface area contributed by atoms with E-state index >= 15 is 0 Å². The number of amides is 10. The van der Waals surface area contributed by atoms with Crippen molar-refractivity contribution >= 4 is 64.9 Å². The molecule has 10 amide bonds. The van der Waals surface area contributed by atoms with Crippen LogP contribution in [0, 0.1) is 64.6 Å². The third-order valence-electron chi connectivity index (χ3n) is 20.1. The molecule has 5 rings (SSSR count). The number of benzene rings is 3. The number of nitrogens with one attached hydrogen (secondary N) is 7. The van der Waals surface area contributed by atoms with Crippen LogP contribution in [0.5, 0.6) is 5.75 Å². The number of esters is 1. The number of hydrogen-bond acceptors (Lipinski definition) is 15. The molecule has 2 heterocycles. The fourth-order valence-corrected chi connectivity index (χ4v) is 14.0.